The lowest BCUT2D eigenvalue weighted by Crippen LogP contribution is -2.35. The van der Waals surface area contributed by atoms with Gasteiger partial charge in [-0.05, 0) is 12.1 Å². The first kappa shape index (κ1) is 13.6. The lowest BCUT2D eigenvalue weighted by Gasteiger charge is -2.29. The third-order valence-corrected chi connectivity index (χ3v) is 4.88. The number of aromatic nitrogens is 3. The SMILES string of the molecule is BNc1ncc2c(n1)-c1cccnc1N(CC=C)S2(=O)=O. The minimum Gasteiger partial charge on any atom is -0.404 e. The largest absolute Gasteiger partial charge is 0.404 e. The number of pyridine rings is 1. The molecule has 0 aliphatic carbocycles. The first-order chi connectivity index (χ1) is 10.1. The number of anilines is 2. The van der Waals surface area contributed by atoms with E-state index in [4.69, 9.17) is 0 Å². The first-order valence-electron chi connectivity index (χ1n) is 6.23. The molecule has 1 aliphatic heterocycles. The number of nitrogens with one attached hydrogen (secondary N) is 1. The Morgan fingerprint density at radius 1 is 1.43 bits per heavy atom. The second kappa shape index (κ2) is 4.85. The fourth-order valence-corrected chi connectivity index (χ4v) is 3.69. The molecular formula is C12H12BN5O2S. The maximum atomic E-state index is 12.7. The molecule has 0 fully saturated rings. The average molecular weight is 301 g/mol. The van der Waals surface area contributed by atoms with E-state index >= 15 is 0 Å². The summed E-state index contributed by atoms with van der Waals surface area (Å²) in [5.41, 5.74) is 1.01. The molecular weight excluding hydrogens is 289 g/mol. The van der Waals surface area contributed by atoms with Crippen LogP contribution < -0.4 is 9.53 Å². The van der Waals surface area contributed by atoms with Gasteiger partial charge in [0.05, 0.1) is 12.7 Å². The second-order valence-electron chi connectivity index (χ2n) is 4.36. The van der Waals surface area contributed by atoms with Crippen LogP contribution in [0.2, 0.25) is 0 Å². The van der Waals surface area contributed by atoms with Crippen LogP contribution in [0.3, 0.4) is 0 Å². The quantitative estimate of drug-likeness (QED) is 0.643. The molecule has 7 nitrogen and oxygen atoms in total. The van der Waals surface area contributed by atoms with E-state index in [1.54, 1.807) is 26.3 Å². The molecule has 0 radical (unpaired) electrons. The van der Waals surface area contributed by atoms with Crippen molar-refractivity contribution >= 4 is 29.8 Å². The third-order valence-electron chi connectivity index (χ3n) is 3.12. The van der Waals surface area contributed by atoms with Gasteiger partial charge in [-0.15, -0.1) is 6.58 Å². The molecule has 0 bridgehead atoms. The molecule has 21 heavy (non-hydrogen) atoms. The summed E-state index contributed by atoms with van der Waals surface area (Å²) < 4.78 is 26.6. The minimum atomic E-state index is -3.74. The third kappa shape index (κ3) is 1.97. The molecule has 0 saturated heterocycles. The molecule has 0 unspecified atom stereocenters. The van der Waals surface area contributed by atoms with E-state index in [0.717, 1.165) is 0 Å². The lowest BCUT2D eigenvalue weighted by molar-refractivity contribution is 0.590. The maximum absolute atomic E-state index is 12.7. The molecule has 2 aromatic rings. The van der Waals surface area contributed by atoms with Crippen LogP contribution in [0.1, 0.15) is 0 Å². The highest BCUT2D eigenvalue weighted by atomic mass is 32.2. The number of hydrogen-bond donors (Lipinski definition) is 1. The molecule has 3 heterocycles. The molecule has 106 valence electrons. The van der Waals surface area contributed by atoms with E-state index in [1.807, 2.05) is 0 Å². The van der Waals surface area contributed by atoms with Gasteiger partial charge in [-0.25, -0.2) is 27.7 Å². The molecule has 0 saturated carbocycles. The molecule has 0 amide bonds. The van der Waals surface area contributed by atoms with Crippen LogP contribution in [0.15, 0.2) is 42.1 Å². The van der Waals surface area contributed by atoms with Gasteiger partial charge < -0.3 is 5.23 Å². The van der Waals surface area contributed by atoms with Gasteiger partial charge in [0.25, 0.3) is 10.0 Å². The van der Waals surface area contributed by atoms with Crippen molar-refractivity contribution in [1.82, 2.24) is 15.0 Å². The zero-order chi connectivity index (χ0) is 15.0. The summed E-state index contributed by atoms with van der Waals surface area (Å²) in [4.78, 5) is 12.5. The lowest BCUT2D eigenvalue weighted by atomic mass is 10.1. The summed E-state index contributed by atoms with van der Waals surface area (Å²) in [5, 5.41) is 2.80. The van der Waals surface area contributed by atoms with Gasteiger partial charge in [0, 0.05) is 11.8 Å². The Morgan fingerprint density at radius 3 is 2.95 bits per heavy atom. The molecule has 3 rings (SSSR count). The van der Waals surface area contributed by atoms with Crippen LogP contribution in [0, 0.1) is 0 Å². The van der Waals surface area contributed by atoms with E-state index in [9.17, 15) is 8.42 Å². The number of nitrogens with zero attached hydrogens (tertiary/aromatic N) is 4. The van der Waals surface area contributed by atoms with Gasteiger partial charge in [-0.2, -0.15) is 0 Å². The van der Waals surface area contributed by atoms with E-state index in [0.29, 0.717) is 23.0 Å². The topological polar surface area (TPSA) is 88.1 Å². The maximum Gasteiger partial charge on any atom is 0.269 e. The van der Waals surface area contributed by atoms with Gasteiger partial charge in [-0.3, -0.25) is 0 Å². The second-order valence-corrected chi connectivity index (χ2v) is 6.19. The molecule has 0 spiro atoms. The number of sulfonamides is 1. The summed E-state index contributed by atoms with van der Waals surface area (Å²) in [6, 6.07) is 3.53. The number of rotatable bonds is 3. The Balaban J connectivity index is 2.35. The monoisotopic (exact) mass is 301 g/mol. The molecule has 1 N–H and O–H groups in total. The van der Waals surface area contributed by atoms with E-state index < -0.39 is 10.0 Å². The van der Waals surface area contributed by atoms with Crippen molar-refractivity contribution in [2.45, 2.75) is 4.90 Å². The van der Waals surface area contributed by atoms with Crippen molar-refractivity contribution in [3.63, 3.8) is 0 Å². The highest BCUT2D eigenvalue weighted by Crippen LogP contribution is 2.40. The highest BCUT2D eigenvalue weighted by Gasteiger charge is 2.36. The Kier molecular flexibility index (Phi) is 3.13. The highest BCUT2D eigenvalue weighted by molar-refractivity contribution is 7.93. The summed E-state index contributed by atoms with van der Waals surface area (Å²) >= 11 is 0. The van der Waals surface area contributed by atoms with Crippen molar-refractivity contribution in [1.29, 1.82) is 0 Å². The van der Waals surface area contributed by atoms with Gasteiger partial charge in [0.2, 0.25) is 13.9 Å². The Bertz CT molecular complexity index is 824. The van der Waals surface area contributed by atoms with Crippen LogP contribution in [-0.2, 0) is 10.0 Å². The van der Waals surface area contributed by atoms with E-state index in [2.05, 4.69) is 26.8 Å². The summed E-state index contributed by atoms with van der Waals surface area (Å²) in [7, 11) is -2.06. The Labute approximate surface area is 123 Å². The predicted molar refractivity (Wildman–Crippen MR) is 82.2 cm³/mol. The van der Waals surface area contributed by atoms with E-state index in [-0.39, 0.29) is 11.4 Å². The fraction of sp³-hybridized carbons (Fsp3) is 0.0833. The van der Waals surface area contributed by atoms with Crippen LogP contribution in [0.25, 0.3) is 11.3 Å². The zero-order valence-electron chi connectivity index (χ0n) is 11.3. The van der Waals surface area contributed by atoms with Crippen molar-refractivity contribution < 1.29 is 8.42 Å². The minimum absolute atomic E-state index is 0.0730. The molecule has 2 aromatic heterocycles. The molecule has 0 aromatic carbocycles. The predicted octanol–water partition coefficient (Wildman–Crippen LogP) is 0.193. The number of fused-ring (bicyclic) bond motifs is 3. The molecule has 9 heteroatoms. The van der Waals surface area contributed by atoms with Crippen LogP contribution in [0.4, 0.5) is 11.8 Å². The molecule has 0 atom stereocenters. The number of hydrogen-bond acceptors (Lipinski definition) is 6. The van der Waals surface area contributed by atoms with Crippen LogP contribution in [-0.4, -0.2) is 37.9 Å². The smallest absolute Gasteiger partial charge is 0.269 e. The van der Waals surface area contributed by atoms with Crippen molar-refractivity contribution in [3.8, 4) is 11.3 Å². The standard InChI is InChI=1S/C12H12BN5O2S/c1-2-6-18-11-8(4-3-5-14-11)10-9(21(18,19)20)7-15-12(16-10)17-13/h2-5,7H,1,6,13H2,(H,15,16,17). The van der Waals surface area contributed by atoms with Gasteiger partial charge in [0.15, 0.2) is 5.82 Å². The summed E-state index contributed by atoms with van der Waals surface area (Å²) in [6.45, 7) is 3.74. The first-order valence-corrected chi connectivity index (χ1v) is 7.67. The van der Waals surface area contributed by atoms with Gasteiger partial charge >= 0.3 is 0 Å². The van der Waals surface area contributed by atoms with Gasteiger partial charge in [0.1, 0.15) is 10.6 Å². The zero-order valence-corrected chi connectivity index (χ0v) is 12.1. The summed E-state index contributed by atoms with van der Waals surface area (Å²) in [6.07, 6.45) is 4.38. The molecule has 1 aliphatic rings. The Morgan fingerprint density at radius 2 is 2.24 bits per heavy atom. The van der Waals surface area contributed by atoms with Crippen molar-refractivity contribution in [2.75, 3.05) is 16.1 Å². The van der Waals surface area contributed by atoms with Crippen LogP contribution >= 0.6 is 0 Å². The van der Waals surface area contributed by atoms with Crippen LogP contribution in [0.5, 0.6) is 0 Å². The van der Waals surface area contributed by atoms with Crippen molar-refractivity contribution in [2.24, 2.45) is 0 Å². The normalized spacial score (nSPS) is 15.0. The fourth-order valence-electron chi connectivity index (χ4n) is 2.19. The Hall–Kier alpha value is -2.42. The van der Waals surface area contributed by atoms with E-state index in [1.165, 1.54) is 16.6 Å². The van der Waals surface area contributed by atoms with Gasteiger partial charge in [-0.1, -0.05) is 6.08 Å². The summed E-state index contributed by atoms with van der Waals surface area (Å²) in [5.74, 6) is 0.710. The van der Waals surface area contributed by atoms with Crippen molar-refractivity contribution in [3.05, 3.63) is 37.2 Å². The average Bonchev–Trinajstić information content (AvgIpc) is 2.51.